The predicted molar refractivity (Wildman–Crippen MR) is 196 cm³/mol. The lowest BCUT2D eigenvalue weighted by Crippen LogP contribution is -2.53. The van der Waals surface area contributed by atoms with E-state index in [1.807, 2.05) is 0 Å². The molecule has 0 saturated carbocycles. The van der Waals surface area contributed by atoms with Crippen LogP contribution < -0.4 is 16.0 Å². The monoisotopic (exact) mass is 745 g/mol. The van der Waals surface area contributed by atoms with Gasteiger partial charge in [0.2, 0.25) is 17.7 Å². The maximum atomic E-state index is 13.1. The molecule has 16 nitrogen and oxygen atoms in total. The highest BCUT2D eigenvalue weighted by atomic mass is 16.4. The molecular weight excluding hydrogens is 686 g/mol. The fourth-order valence-electron chi connectivity index (χ4n) is 6.01. The molecule has 53 heavy (non-hydrogen) atoms. The zero-order chi connectivity index (χ0) is 38.7. The summed E-state index contributed by atoms with van der Waals surface area (Å²) >= 11 is 0. The van der Waals surface area contributed by atoms with Crippen LogP contribution in [-0.4, -0.2) is 89.0 Å². The Bertz CT molecular complexity index is 1350. The Balaban J connectivity index is 1.61. The van der Waals surface area contributed by atoms with E-state index >= 15 is 0 Å². The summed E-state index contributed by atoms with van der Waals surface area (Å²) in [6.45, 7) is 0. The highest BCUT2D eigenvalue weighted by Crippen LogP contribution is 2.15. The minimum Gasteiger partial charge on any atom is -0.481 e. The predicted octanol–water partition coefficient (Wildman–Crippen LogP) is 4.43. The van der Waals surface area contributed by atoms with Gasteiger partial charge in [0, 0.05) is 44.5 Å². The number of nitrogens with zero attached hydrogens (tertiary/aromatic N) is 2. The lowest BCUT2D eigenvalue weighted by atomic mass is 10.0. The molecule has 0 bridgehead atoms. The molecule has 0 aliphatic rings. The summed E-state index contributed by atoms with van der Waals surface area (Å²) in [5, 5.41) is 35.4. The number of carbonyl (C=O) groups excluding carboxylic acids is 3. The number of hydrogen-bond acceptors (Lipinski definition) is 8. The summed E-state index contributed by atoms with van der Waals surface area (Å²) in [4.78, 5) is 86.2. The number of rotatable bonds is 32. The van der Waals surface area contributed by atoms with Crippen LogP contribution in [0.3, 0.4) is 0 Å². The fraction of sp³-hybridized carbons (Fsp3) is 0.676. The van der Waals surface area contributed by atoms with Gasteiger partial charge in [-0.25, -0.2) is 19.6 Å². The van der Waals surface area contributed by atoms with Gasteiger partial charge >= 0.3 is 17.9 Å². The van der Waals surface area contributed by atoms with Crippen molar-refractivity contribution in [3.8, 4) is 0 Å². The van der Waals surface area contributed by atoms with E-state index in [9.17, 15) is 39.0 Å². The molecule has 0 spiro atoms. The Kier molecular flexibility index (Phi) is 22.6. The normalized spacial score (nSPS) is 12.8. The van der Waals surface area contributed by atoms with Crippen LogP contribution in [0.1, 0.15) is 140 Å². The van der Waals surface area contributed by atoms with Crippen LogP contribution in [0.15, 0.2) is 25.0 Å². The number of aliphatic carboxylic acids is 3. The standard InChI is InChI=1S/C37H59N7O9/c45-32(17-15-13-11-9-7-5-3-1-2-4-6-8-10-12-14-16-18-34(47)48)42-29(36(50)51)19-20-33(46)43-30(21-27-23-38-25-40-27)35(49)44-31(37(52)53)22-28-24-39-26-41-28/h23-26,29-31H,1-22H2,(H,38,40)(H,39,41)(H,42,45)(H,43,46)(H,44,49)(H,47,48)(H,50,51)(H,52,53)/t29-,30-,31-/m0/s1. The van der Waals surface area contributed by atoms with Crippen LogP contribution in [0.5, 0.6) is 0 Å². The SMILES string of the molecule is O=C(O)CCCCCCCCCCCCCCCCCCC(=O)N[C@@H](CCC(=O)N[C@@H](Cc1c[nH]cn1)C(=O)N[C@@H](Cc1c[nH]cn1)C(=O)O)C(=O)O. The third-order valence-corrected chi connectivity index (χ3v) is 9.04. The van der Waals surface area contributed by atoms with Crippen molar-refractivity contribution in [2.24, 2.45) is 0 Å². The number of hydrogen-bond donors (Lipinski definition) is 8. The molecule has 296 valence electrons. The number of aromatic amines is 2. The summed E-state index contributed by atoms with van der Waals surface area (Å²) < 4.78 is 0. The van der Waals surface area contributed by atoms with E-state index in [0.717, 1.165) is 44.9 Å². The summed E-state index contributed by atoms with van der Waals surface area (Å²) in [5.74, 6) is -5.06. The number of carboxylic acids is 3. The molecule has 0 aromatic carbocycles. The second kappa shape index (κ2) is 26.9. The molecule has 2 heterocycles. The first-order valence-corrected chi connectivity index (χ1v) is 19.1. The average Bonchev–Trinajstić information content (AvgIpc) is 3.83. The lowest BCUT2D eigenvalue weighted by Gasteiger charge is -2.21. The number of unbranched alkanes of at least 4 members (excludes halogenated alkanes) is 15. The lowest BCUT2D eigenvalue weighted by molar-refractivity contribution is -0.142. The molecule has 16 heteroatoms. The van der Waals surface area contributed by atoms with E-state index in [-0.39, 0.29) is 38.5 Å². The van der Waals surface area contributed by atoms with Crippen molar-refractivity contribution >= 4 is 35.6 Å². The molecule has 0 fully saturated rings. The van der Waals surface area contributed by atoms with Crippen molar-refractivity contribution < 1.29 is 44.1 Å². The number of carbonyl (C=O) groups is 6. The molecule has 0 aliphatic carbocycles. The van der Waals surface area contributed by atoms with E-state index < -0.39 is 53.8 Å². The largest absolute Gasteiger partial charge is 0.481 e. The Morgan fingerprint density at radius 3 is 1.32 bits per heavy atom. The molecule has 0 aliphatic heterocycles. The summed E-state index contributed by atoms with van der Waals surface area (Å²) in [6.07, 6.45) is 23.2. The van der Waals surface area contributed by atoms with Gasteiger partial charge < -0.3 is 41.2 Å². The minimum absolute atomic E-state index is 0.0449. The van der Waals surface area contributed by atoms with Crippen molar-refractivity contribution in [3.63, 3.8) is 0 Å². The Hall–Kier alpha value is -4.76. The Morgan fingerprint density at radius 2 is 0.906 bits per heavy atom. The second-order valence-electron chi connectivity index (χ2n) is 13.6. The van der Waals surface area contributed by atoms with Crippen LogP contribution in [0.4, 0.5) is 0 Å². The van der Waals surface area contributed by atoms with Crippen molar-refractivity contribution in [1.82, 2.24) is 35.9 Å². The fourth-order valence-corrected chi connectivity index (χ4v) is 6.01. The van der Waals surface area contributed by atoms with E-state index in [1.165, 1.54) is 76.4 Å². The number of carboxylic acid groups (broad SMARTS) is 3. The van der Waals surface area contributed by atoms with Crippen LogP contribution in [0.2, 0.25) is 0 Å². The minimum atomic E-state index is -1.31. The summed E-state index contributed by atoms with van der Waals surface area (Å²) in [7, 11) is 0. The van der Waals surface area contributed by atoms with E-state index in [0.29, 0.717) is 17.8 Å². The maximum absolute atomic E-state index is 13.1. The molecular formula is C37H59N7O9. The van der Waals surface area contributed by atoms with Gasteiger partial charge in [-0.05, 0) is 19.3 Å². The topological polar surface area (TPSA) is 257 Å². The first kappa shape index (κ1) is 44.4. The quantitative estimate of drug-likeness (QED) is 0.0486. The van der Waals surface area contributed by atoms with Crippen molar-refractivity contribution in [2.75, 3.05) is 0 Å². The van der Waals surface area contributed by atoms with Crippen molar-refractivity contribution in [1.29, 1.82) is 0 Å². The molecule has 2 rings (SSSR count). The van der Waals surface area contributed by atoms with Gasteiger partial charge in [-0.15, -0.1) is 0 Å². The zero-order valence-electron chi connectivity index (χ0n) is 30.8. The van der Waals surface area contributed by atoms with Gasteiger partial charge in [0.1, 0.15) is 18.1 Å². The van der Waals surface area contributed by atoms with Crippen LogP contribution in [0, 0.1) is 0 Å². The molecule has 2 aromatic rings. The number of H-pyrrole nitrogens is 2. The van der Waals surface area contributed by atoms with E-state index in [4.69, 9.17) is 5.11 Å². The van der Waals surface area contributed by atoms with Gasteiger partial charge in [0.05, 0.1) is 24.0 Å². The number of aromatic nitrogens is 4. The number of amides is 3. The molecule has 0 unspecified atom stereocenters. The Morgan fingerprint density at radius 1 is 0.509 bits per heavy atom. The third-order valence-electron chi connectivity index (χ3n) is 9.04. The van der Waals surface area contributed by atoms with Crippen molar-refractivity contribution in [2.45, 2.75) is 159 Å². The summed E-state index contributed by atoms with van der Waals surface area (Å²) in [5.41, 5.74) is 0.867. The van der Waals surface area contributed by atoms with Crippen LogP contribution >= 0.6 is 0 Å². The maximum Gasteiger partial charge on any atom is 0.326 e. The molecule has 2 aromatic heterocycles. The average molecular weight is 746 g/mol. The Labute approximate surface area is 311 Å². The van der Waals surface area contributed by atoms with Gasteiger partial charge in [-0.3, -0.25) is 19.2 Å². The second-order valence-corrected chi connectivity index (χ2v) is 13.6. The van der Waals surface area contributed by atoms with Crippen LogP contribution in [-0.2, 0) is 41.6 Å². The highest BCUT2D eigenvalue weighted by Gasteiger charge is 2.29. The number of imidazole rings is 2. The van der Waals surface area contributed by atoms with E-state index in [1.54, 1.807) is 0 Å². The number of nitrogens with one attached hydrogen (secondary N) is 5. The zero-order valence-corrected chi connectivity index (χ0v) is 30.8. The molecule has 0 saturated heterocycles. The molecule has 8 N–H and O–H groups in total. The van der Waals surface area contributed by atoms with Crippen LogP contribution in [0.25, 0.3) is 0 Å². The summed E-state index contributed by atoms with van der Waals surface area (Å²) in [6, 6.07) is -3.79. The van der Waals surface area contributed by atoms with Gasteiger partial charge in [-0.2, -0.15) is 0 Å². The van der Waals surface area contributed by atoms with Gasteiger partial charge in [0.15, 0.2) is 0 Å². The molecule has 3 amide bonds. The van der Waals surface area contributed by atoms with Gasteiger partial charge in [-0.1, -0.05) is 89.9 Å². The highest BCUT2D eigenvalue weighted by molar-refractivity contribution is 5.91. The first-order chi connectivity index (χ1) is 25.5. The van der Waals surface area contributed by atoms with E-state index in [2.05, 4.69) is 35.9 Å². The van der Waals surface area contributed by atoms with Crippen molar-refractivity contribution in [3.05, 3.63) is 36.4 Å². The smallest absolute Gasteiger partial charge is 0.326 e. The molecule has 3 atom stereocenters. The molecule has 0 radical (unpaired) electrons. The third kappa shape index (κ3) is 21.4. The van der Waals surface area contributed by atoms with Gasteiger partial charge in [0.25, 0.3) is 0 Å². The first-order valence-electron chi connectivity index (χ1n) is 19.1.